The van der Waals surface area contributed by atoms with E-state index in [0.717, 1.165) is 0 Å². The van der Waals surface area contributed by atoms with Crippen LogP contribution < -0.4 is 10.0 Å². The van der Waals surface area contributed by atoms with Gasteiger partial charge in [-0.3, -0.25) is 4.68 Å². The van der Waals surface area contributed by atoms with Crippen LogP contribution in [-0.2, 0) is 16.6 Å². The van der Waals surface area contributed by atoms with Crippen LogP contribution in [0.25, 0.3) is 5.82 Å². The number of nitrogens with zero attached hydrogens (tertiary/aromatic N) is 5. The van der Waals surface area contributed by atoms with Crippen LogP contribution in [0.1, 0.15) is 18.3 Å². The Bertz CT molecular complexity index is 993. The summed E-state index contributed by atoms with van der Waals surface area (Å²) in [5.74, 6) is 1.29. The van der Waals surface area contributed by atoms with Gasteiger partial charge in [0.15, 0.2) is 5.82 Å². The highest BCUT2D eigenvalue weighted by molar-refractivity contribution is 7.89. The fraction of sp³-hybridized carbons (Fsp3) is 0.353. The number of sulfonamides is 1. The Balaban J connectivity index is 1.56. The summed E-state index contributed by atoms with van der Waals surface area (Å²) in [6, 6.07) is 7.46. The number of hydrogen-bond acceptors (Lipinski definition) is 6. The van der Waals surface area contributed by atoms with Crippen molar-refractivity contribution in [1.29, 1.82) is 0 Å². The molecule has 10 heteroatoms. The summed E-state index contributed by atoms with van der Waals surface area (Å²) in [5.41, 5.74) is 1.14. The van der Waals surface area contributed by atoms with Crippen molar-refractivity contribution in [3.8, 4) is 5.82 Å². The maximum atomic E-state index is 12.6. The van der Waals surface area contributed by atoms with Gasteiger partial charge in [0.25, 0.3) is 0 Å². The zero-order valence-corrected chi connectivity index (χ0v) is 16.4. The number of rotatable bonds is 8. The van der Waals surface area contributed by atoms with Gasteiger partial charge < -0.3 is 9.88 Å². The summed E-state index contributed by atoms with van der Waals surface area (Å²) >= 11 is 0. The van der Waals surface area contributed by atoms with E-state index in [1.54, 1.807) is 24.6 Å². The van der Waals surface area contributed by atoms with Crippen molar-refractivity contribution in [2.45, 2.75) is 32.2 Å². The van der Waals surface area contributed by atoms with Gasteiger partial charge in [-0.15, -0.1) is 10.2 Å². The number of anilines is 1. The molecular weight excluding hydrogens is 366 g/mol. The number of aryl methyl sites for hydroxylation is 2. The summed E-state index contributed by atoms with van der Waals surface area (Å²) in [5, 5.41) is 15.5. The SMILES string of the molecule is CCn1nc(C)c(S(=O)(=O)NCCNc2ccc(-n3cccc3)nn2)c1C. The minimum atomic E-state index is -3.61. The van der Waals surface area contributed by atoms with Gasteiger partial charge in [0, 0.05) is 32.0 Å². The zero-order chi connectivity index (χ0) is 19.4. The van der Waals surface area contributed by atoms with E-state index in [9.17, 15) is 8.42 Å². The van der Waals surface area contributed by atoms with Crippen LogP contribution in [0.2, 0.25) is 0 Å². The normalized spacial score (nSPS) is 11.7. The first-order valence-electron chi connectivity index (χ1n) is 8.67. The molecule has 0 atom stereocenters. The van der Waals surface area contributed by atoms with E-state index >= 15 is 0 Å². The molecule has 3 aromatic rings. The Morgan fingerprint density at radius 2 is 1.81 bits per heavy atom. The fourth-order valence-electron chi connectivity index (χ4n) is 2.87. The van der Waals surface area contributed by atoms with E-state index < -0.39 is 10.0 Å². The highest BCUT2D eigenvalue weighted by atomic mass is 32.2. The third kappa shape index (κ3) is 4.17. The molecular formula is C17H23N7O2S. The highest BCUT2D eigenvalue weighted by Gasteiger charge is 2.23. The highest BCUT2D eigenvalue weighted by Crippen LogP contribution is 2.18. The minimum absolute atomic E-state index is 0.222. The molecule has 3 aromatic heterocycles. The van der Waals surface area contributed by atoms with Crippen LogP contribution in [0.3, 0.4) is 0 Å². The Labute approximate surface area is 158 Å². The standard InChI is InChI=1S/C17H23N7O2S/c1-4-24-14(3)17(13(2)22-24)27(25,26)19-10-9-18-15-7-8-16(21-20-15)23-11-5-6-12-23/h5-8,11-12,19H,4,9-10H2,1-3H3,(H,18,20). The van der Waals surface area contributed by atoms with Crippen LogP contribution in [-0.4, -0.2) is 46.1 Å². The van der Waals surface area contributed by atoms with Crippen LogP contribution in [0, 0.1) is 13.8 Å². The second-order valence-electron chi connectivity index (χ2n) is 6.01. The van der Waals surface area contributed by atoms with Crippen LogP contribution in [0.5, 0.6) is 0 Å². The smallest absolute Gasteiger partial charge is 0.244 e. The molecule has 9 nitrogen and oxygen atoms in total. The lowest BCUT2D eigenvalue weighted by Crippen LogP contribution is -2.29. The summed E-state index contributed by atoms with van der Waals surface area (Å²) in [7, 11) is -3.61. The molecule has 3 heterocycles. The van der Waals surface area contributed by atoms with E-state index in [2.05, 4.69) is 25.3 Å². The third-order valence-electron chi connectivity index (χ3n) is 4.13. The molecule has 3 rings (SSSR count). The van der Waals surface area contributed by atoms with Crippen molar-refractivity contribution in [1.82, 2.24) is 29.3 Å². The van der Waals surface area contributed by atoms with Gasteiger partial charge in [0.1, 0.15) is 10.7 Å². The predicted molar refractivity (Wildman–Crippen MR) is 102 cm³/mol. The Hall–Kier alpha value is -2.72. The van der Waals surface area contributed by atoms with Crippen LogP contribution in [0.15, 0.2) is 41.6 Å². The molecule has 0 saturated heterocycles. The van der Waals surface area contributed by atoms with Gasteiger partial charge in [-0.05, 0) is 45.0 Å². The number of nitrogens with one attached hydrogen (secondary N) is 2. The average Bonchev–Trinajstić information content (AvgIpc) is 3.27. The Morgan fingerprint density at radius 1 is 1.07 bits per heavy atom. The molecule has 0 aromatic carbocycles. The molecule has 2 N–H and O–H groups in total. The van der Waals surface area contributed by atoms with E-state index in [0.29, 0.717) is 36.1 Å². The van der Waals surface area contributed by atoms with E-state index in [1.165, 1.54) is 0 Å². The predicted octanol–water partition coefficient (Wildman–Crippen LogP) is 1.49. The maximum absolute atomic E-state index is 12.6. The summed E-state index contributed by atoms with van der Waals surface area (Å²) in [4.78, 5) is 0.250. The van der Waals surface area contributed by atoms with Gasteiger partial charge in [0.2, 0.25) is 10.0 Å². The molecule has 0 spiro atoms. The maximum Gasteiger partial charge on any atom is 0.244 e. The molecule has 0 saturated carbocycles. The molecule has 27 heavy (non-hydrogen) atoms. The van der Waals surface area contributed by atoms with Gasteiger partial charge in [-0.25, -0.2) is 13.1 Å². The van der Waals surface area contributed by atoms with Crippen molar-refractivity contribution in [2.75, 3.05) is 18.4 Å². The van der Waals surface area contributed by atoms with Crippen LogP contribution >= 0.6 is 0 Å². The van der Waals surface area contributed by atoms with Crippen molar-refractivity contribution in [3.05, 3.63) is 48.0 Å². The number of aromatic nitrogens is 5. The van der Waals surface area contributed by atoms with Gasteiger partial charge in [0.05, 0.1) is 11.4 Å². The van der Waals surface area contributed by atoms with Crippen molar-refractivity contribution >= 4 is 15.8 Å². The largest absolute Gasteiger partial charge is 0.367 e. The van der Waals surface area contributed by atoms with E-state index in [4.69, 9.17) is 0 Å². The van der Waals surface area contributed by atoms with E-state index in [-0.39, 0.29) is 11.4 Å². The summed E-state index contributed by atoms with van der Waals surface area (Å²) < 4.78 is 31.3. The zero-order valence-electron chi connectivity index (χ0n) is 15.5. The first-order valence-corrected chi connectivity index (χ1v) is 10.2. The van der Waals surface area contributed by atoms with Gasteiger partial charge in [-0.2, -0.15) is 5.10 Å². The van der Waals surface area contributed by atoms with Crippen molar-refractivity contribution in [2.24, 2.45) is 0 Å². The van der Waals surface area contributed by atoms with Crippen molar-refractivity contribution in [3.63, 3.8) is 0 Å². The Morgan fingerprint density at radius 3 is 2.41 bits per heavy atom. The first kappa shape index (κ1) is 19.1. The Kier molecular flexibility index (Phi) is 5.57. The first-order chi connectivity index (χ1) is 12.9. The van der Waals surface area contributed by atoms with Crippen molar-refractivity contribution < 1.29 is 8.42 Å². The average molecular weight is 389 g/mol. The van der Waals surface area contributed by atoms with Crippen LogP contribution in [0.4, 0.5) is 5.82 Å². The summed E-state index contributed by atoms with van der Waals surface area (Å²) in [6.45, 7) is 6.62. The molecule has 0 unspecified atom stereocenters. The second-order valence-corrected chi connectivity index (χ2v) is 7.71. The topological polar surface area (TPSA) is 107 Å². The molecule has 0 aliphatic rings. The molecule has 0 aliphatic heterocycles. The lowest BCUT2D eigenvalue weighted by Gasteiger charge is -2.09. The molecule has 0 amide bonds. The summed E-state index contributed by atoms with van der Waals surface area (Å²) in [6.07, 6.45) is 3.77. The molecule has 0 radical (unpaired) electrons. The lowest BCUT2D eigenvalue weighted by atomic mass is 10.4. The van der Waals surface area contributed by atoms with E-state index in [1.807, 2.05) is 42.1 Å². The monoisotopic (exact) mass is 389 g/mol. The van der Waals surface area contributed by atoms with Gasteiger partial charge in [-0.1, -0.05) is 0 Å². The third-order valence-corrected chi connectivity index (χ3v) is 5.84. The lowest BCUT2D eigenvalue weighted by molar-refractivity contribution is 0.580. The molecule has 144 valence electrons. The quantitative estimate of drug-likeness (QED) is 0.565. The molecule has 0 aliphatic carbocycles. The van der Waals surface area contributed by atoms with Gasteiger partial charge >= 0.3 is 0 Å². The number of hydrogen-bond donors (Lipinski definition) is 2. The molecule has 0 fully saturated rings. The minimum Gasteiger partial charge on any atom is -0.367 e. The second kappa shape index (κ2) is 7.89. The molecule has 0 bridgehead atoms. The fourth-order valence-corrected chi connectivity index (χ4v) is 4.31.